The summed E-state index contributed by atoms with van der Waals surface area (Å²) < 4.78 is 0.978. The average Bonchev–Trinajstić information content (AvgIpc) is 2.43. The van der Waals surface area contributed by atoms with Crippen molar-refractivity contribution in [2.24, 2.45) is 0 Å². The van der Waals surface area contributed by atoms with E-state index in [-0.39, 0.29) is 17.9 Å². The topological polar surface area (TPSA) is 49.4 Å². The first-order valence-electron chi connectivity index (χ1n) is 6.32. The maximum atomic E-state index is 12.3. The van der Waals surface area contributed by atoms with Crippen LogP contribution in [0.25, 0.3) is 0 Å². The summed E-state index contributed by atoms with van der Waals surface area (Å²) in [6, 6.07) is 7.27. The average molecular weight is 325 g/mol. The Labute approximate surface area is 121 Å². The molecule has 1 fully saturated rings. The van der Waals surface area contributed by atoms with E-state index in [0.29, 0.717) is 13.0 Å². The SMILES string of the molecule is CC1NC(=O)CC(C)N(Cc2ccccc2Br)C1=O. The van der Waals surface area contributed by atoms with Gasteiger partial charge in [-0.25, -0.2) is 0 Å². The molecule has 4 nitrogen and oxygen atoms in total. The van der Waals surface area contributed by atoms with Crippen LogP contribution in [0.3, 0.4) is 0 Å². The highest BCUT2D eigenvalue weighted by Crippen LogP contribution is 2.21. The molecule has 19 heavy (non-hydrogen) atoms. The molecule has 1 N–H and O–H groups in total. The van der Waals surface area contributed by atoms with Crippen molar-refractivity contribution in [1.82, 2.24) is 10.2 Å². The molecule has 0 aromatic heterocycles. The Balaban J connectivity index is 2.24. The fraction of sp³-hybridized carbons (Fsp3) is 0.429. The summed E-state index contributed by atoms with van der Waals surface area (Å²) in [7, 11) is 0. The van der Waals surface area contributed by atoms with E-state index in [4.69, 9.17) is 0 Å². The van der Waals surface area contributed by atoms with Gasteiger partial charge >= 0.3 is 0 Å². The lowest BCUT2D eigenvalue weighted by molar-refractivity contribution is -0.135. The first kappa shape index (κ1) is 14.1. The number of nitrogens with one attached hydrogen (secondary N) is 1. The molecule has 0 bridgehead atoms. The van der Waals surface area contributed by atoms with E-state index in [1.54, 1.807) is 11.8 Å². The van der Waals surface area contributed by atoms with Crippen LogP contribution in [-0.4, -0.2) is 28.8 Å². The quantitative estimate of drug-likeness (QED) is 0.905. The molecule has 1 aromatic carbocycles. The van der Waals surface area contributed by atoms with Crippen LogP contribution >= 0.6 is 15.9 Å². The smallest absolute Gasteiger partial charge is 0.245 e. The van der Waals surface area contributed by atoms with Crippen LogP contribution in [0.4, 0.5) is 0 Å². The molecule has 2 atom stereocenters. The van der Waals surface area contributed by atoms with Crippen molar-refractivity contribution in [3.05, 3.63) is 34.3 Å². The number of benzene rings is 1. The Morgan fingerprint density at radius 3 is 2.68 bits per heavy atom. The van der Waals surface area contributed by atoms with Crippen LogP contribution in [0.1, 0.15) is 25.8 Å². The van der Waals surface area contributed by atoms with Crippen LogP contribution in [0.5, 0.6) is 0 Å². The lowest BCUT2D eigenvalue weighted by atomic mass is 10.1. The molecular weight excluding hydrogens is 308 g/mol. The summed E-state index contributed by atoms with van der Waals surface area (Å²) in [4.78, 5) is 25.7. The molecule has 0 radical (unpaired) electrons. The Hall–Kier alpha value is -1.36. The Kier molecular flexibility index (Phi) is 4.24. The molecule has 1 aliphatic rings. The van der Waals surface area contributed by atoms with Gasteiger partial charge in [0, 0.05) is 23.5 Å². The van der Waals surface area contributed by atoms with Gasteiger partial charge in [0.05, 0.1) is 0 Å². The summed E-state index contributed by atoms with van der Waals surface area (Å²) in [6.07, 6.45) is 0.348. The van der Waals surface area contributed by atoms with Crippen molar-refractivity contribution in [2.45, 2.75) is 38.9 Å². The van der Waals surface area contributed by atoms with Gasteiger partial charge in [-0.15, -0.1) is 0 Å². The van der Waals surface area contributed by atoms with E-state index in [0.717, 1.165) is 10.0 Å². The molecule has 1 aromatic rings. The highest BCUT2D eigenvalue weighted by Gasteiger charge is 2.31. The van der Waals surface area contributed by atoms with Crippen LogP contribution in [0.15, 0.2) is 28.7 Å². The third-order valence-electron chi connectivity index (χ3n) is 3.34. The molecule has 2 amide bonds. The van der Waals surface area contributed by atoms with Crippen LogP contribution in [0, 0.1) is 0 Å². The minimum atomic E-state index is -0.458. The molecule has 5 heteroatoms. The van der Waals surface area contributed by atoms with Crippen molar-refractivity contribution in [3.63, 3.8) is 0 Å². The van der Waals surface area contributed by atoms with E-state index in [1.165, 1.54) is 0 Å². The van der Waals surface area contributed by atoms with Gasteiger partial charge in [-0.05, 0) is 25.5 Å². The Morgan fingerprint density at radius 2 is 2.00 bits per heavy atom. The monoisotopic (exact) mass is 324 g/mol. The van der Waals surface area contributed by atoms with Crippen molar-refractivity contribution in [3.8, 4) is 0 Å². The summed E-state index contributed by atoms with van der Waals surface area (Å²) in [5.41, 5.74) is 1.05. The number of amides is 2. The van der Waals surface area contributed by atoms with Gasteiger partial charge in [0.2, 0.25) is 11.8 Å². The Bertz CT molecular complexity index is 504. The molecule has 1 aliphatic heterocycles. The highest BCUT2D eigenvalue weighted by atomic mass is 79.9. The standard InChI is InChI=1S/C14H17BrN2O2/c1-9-7-13(18)16-10(2)14(19)17(9)8-11-5-3-4-6-12(11)15/h3-6,9-10H,7-8H2,1-2H3,(H,16,18). The van der Waals surface area contributed by atoms with Crippen LogP contribution < -0.4 is 5.32 Å². The minimum Gasteiger partial charge on any atom is -0.345 e. The van der Waals surface area contributed by atoms with Crippen molar-refractivity contribution >= 4 is 27.7 Å². The first-order chi connectivity index (χ1) is 8.99. The molecule has 102 valence electrons. The zero-order valence-corrected chi connectivity index (χ0v) is 12.6. The zero-order chi connectivity index (χ0) is 14.0. The first-order valence-corrected chi connectivity index (χ1v) is 7.11. The summed E-state index contributed by atoms with van der Waals surface area (Å²) in [6.45, 7) is 4.15. The van der Waals surface area contributed by atoms with Gasteiger partial charge in [0.1, 0.15) is 6.04 Å². The van der Waals surface area contributed by atoms with E-state index in [2.05, 4.69) is 21.2 Å². The fourth-order valence-electron chi connectivity index (χ4n) is 2.25. The summed E-state index contributed by atoms with van der Waals surface area (Å²) in [5.74, 6) is -0.0999. The molecule has 0 aliphatic carbocycles. The molecule has 0 saturated carbocycles. The maximum absolute atomic E-state index is 12.3. The second kappa shape index (κ2) is 5.74. The predicted octanol–water partition coefficient (Wildman–Crippen LogP) is 2.07. The second-order valence-corrected chi connectivity index (χ2v) is 5.75. The van der Waals surface area contributed by atoms with Crippen molar-refractivity contribution in [1.29, 1.82) is 0 Å². The highest BCUT2D eigenvalue weighted by molar-refractivity contribution is 9.10. The number of carbonyl (C=O) groups excluding carboxylic acids is 2. The number of carbonyl (C=O) groups is 2. The number of halogens is 1. The van der Waals surface area contributed by atoms with Gasteiger partial charge < -0.3 is 10.2 Å². The van der Waals surface area contributed by atoms with Gasteiger partial charge in [0.25, 0.3) is 0 Å². The molecule has 2 rings (SSSR count). The predicted molar refractivity (Wildman–Crippen MR) is 76.4 cm³/mol. The maximum Gasteiger partial charge on any atom is 0.245 e. The number of nitrogens with zero attached hydrogens (tertiary/aromatic N) is 1. The van der Waals surface area contributed by atoms with Crippen LogP contribution in [0.2, 0.25) is 0 Å². The normalized spacial score (nSPS) is 24.1. The Morgan fingerprint density at radius 1 is 1.32 bits per heavy atom. The van der Waals surface area contributed by atoms with Crippen molar-refractivity contribution < 1.29 is 9.59 Å². The second-order valence-electron chi connectivity index (χ2n) is 4.90. The number of hydrogen-bond donors (Lipinski definition) is 1. The molecule has 1 heterocycles. The van der Waals surface area contributed by atoms with E-state index >= 15 is 0 Å². The molecule has 2 unspecified atom stereocenters. The van der Waals surface area contributed by atoms with E-state index in [9.17, 15) is 9.59 Å². The summed E-state index contributed by atoms with van der Waals surface area (Å²) >= 11 is 3.49. The molecular formula is C14H17BrN2O2. The number of rotatable bonds is 2. The lowest BCUT2D eigenvalue weighted by Gasteiger charge is -2.28. The lowest BCUT2D eigenvalue weighted by Crippen LogP contribution is -2.44. The van der Waals surface area contributed by atoms with E-state index in [1.807, 2.05) is 31.2 Å². The van der Waals surface area contributed by atoms with Gasteiger partial charge in [-0.1, -0.05) is 34.1 Å². The summed E-state index contributed by atoms with van der Waals surface area (Å²) in [5, 5.41) is 2.71. The number of hydrogen-bond acceptors (Lipinski definition) is 2. The third kappa shape index (κ3) is 3.15. The van der Waals surface area contributed by atoms with Gasteiger partial charge in [0.15, 0.2) is 0 Å². The minimum absolute atomic E-state index is 0.0332. The third-order valence-corrected chi connectivity index (χ3v) is 4.12. The largest absolute Gasteiger partial charge is 0.345 e. The fourth-order valence-corrected chi connectivity index (χ4v) is 2.66. The van der Waals surface area contributed by atoms with Gasteiger partial charge in [-0.2, -0.15) is 0 Å². The molecule has 1 saturated heterocycles. The molecule has 0 spiro atoms. The van der Waals surface area contributed by atoms with Gasteiger partial charge in [-0.3, -0.25) is 9.59 Å². The van der Waals surface area contributed by atoms with Crippen molar-refractivity contribution in [2.75, 3.05) is 0 Å². The van der Waals surface area contributed by atoms with Crippen LogP contribution in [-0.2, 0) is 16.1 Å². The zero-order valence-electron chi connectivity index (χ0n) is 11.0. The van der Waals surface area contributed by atoms with E-state index < -0.39 is 6.04 Å².